The van der Waals surface area contributed by atoms with Crippen molar-refractivity contribution in [3.05, 3.63) is 70.0 Å². The van der Waals surface area contributed by atoms with Crippen molar-refractivity contribution in [3.63, 3.8) is 0 Å². The lowest BCUT2D eigenvalue weighted by Gasteiger charge is -2.71. The van der Waals surface area contributed by atoms with E-state index >= 15 is 0 Å². The van der Waals surface area contributed by atoms with Gasteiger partial charge < -0.3 is 25.2 Å². The van der Waals surface area contributed by atoms with Gasteiger partial charge in [0.05, 0.1) is 30.2 Å². The third-order valence-electron chi connectivity index (χ3n) is 17.7. The molecule has 6 bridgehead atoms. The van der Waals surface area contributed by atoms with Crippen LogP contribution in [0.1, 0.15) is 112 Å². The molecule has 1 heterocycles. The Hall–Kier alpha value is -2.94. The molecule has 7 saturated carbocycles. The van der Waals surface area contributed by atoms with Gasteiger partial charge in [0.15, 0.2) is 5.78 Å². The quantitative estimate of drug-likeness (QED) is 0.184. The molecule has 0 saturated heterocycles. The fourth-order valence-electron chi connectivity index (χ4n) is 15.6. The van der Waals surface area contributed by atoms with E-state index in [1.807, 2.05) is 41.3 Å². The van der Waals surface area contributed by atoms with Gasteiger partial charge in [-0.3, -0.25) is 4.79 Å². The number of urea groups is 1. The highest BCUT2D eigenvalue weighted by molar-refractivity contribution is 7.14. The van der Waals surface area contributed by atoms with Crippen molar-refractivity contribution in [1.82, 2.24) is 4.90 Å². The van der Waals surface area contributed by atoms with Crippen LogP contribution in [0.5, 0.6) is 5.75 Å². The van der Waals surface area contributed by atoms with E-state index in [4.69, 9.17) is 4.74 Å². The molecule has 10 aliphatic carbocycles. The topological polar surface area (TPSA) is 99.1 Å². The normalized spacial score (nSPS) is 44.4. The Morgan fingerprint density at radius 3 is 2.16 bits per heavy atom. The summed E-state index contributed by atoms with van der Waals surface area (Å²) in [5.41, 5.74) is -0.847. The fourth-order valence-corrected chi connectivity index (χ4v) is 16.4. The van der Waals surface area contributed by atoms with Crippen LogP contribution in [0.25, 0.3) is 0 Å². The van der Waals surface area contributed by atoms with Crippen LogP contribution in [0.4, 0.5) is 10.5 Å². The van der Waals surface area contributed by atoms with Gasteiger partial charge in [-0.25, -0.2) is 4.79 Å². The number of benzene rings is 1. The van der Waals surface area contributed by atoms with Crippen molar-refractivity contribution < 1.29 is 24.5 Å². The zero-order valence-corrected chi connectivity index (χ0v) is 34.1. The number of Topliss-reactive ketones (excluding diaryl/α,β-unsaturated/α-hetero) is 1. The number of nitrogens with one attached hydrogen (secondary N) is 1. The molecule has 10 aliphatic rings. The molecule has 12 rings (SSSR count). The predicted octanol–water partition coefficient (Wildman–Crippen LogP) is 9.59. The average Bonchev–Trinajstić information content (AvgIpc) is 3.70. The molecule has 7 fully saturated rings. The summed E-state index contributed by atoms with van der Waals surface area (Å²) in [6.45, 7) is 7.77. The summed E-state index contributed by atoms with van der Waals surface area (Å²) in [4.78, 5) is 33.5. The number of ketones is 1. The Morgan fingerprint density at radius 2 is 1.51 bits per heavy atom. The van der Waals surface area contributed by atoms with Crippen LogP contribution < -0.4 is 10.1 Å². The van der Waals surface area contributed by atoms with Gasteiger partial charge in [0.25, 0.3) is 0 Å². The second kappa shape index (κ2) is 12.3. The molecule has 8 heteroatoms. The summed E-state index contributed by atoms with van der Waals surface area (Å²) < 4.78 is 5.39. The highest BCUT2D eigenvalue weighted by atomic mass is 32.1. The summed E-state index contributed by atoms with van der Waals surface area (Å²) >= 11 is 1.57. The second-order valence-corrected chi connectivity index (χ2v) is 21.8. The van der Waals surface area contributed by atoms with Gasteiger partial charge in [-0.1, -0.05) is 32.1 Å². The first-order valence-corrected chi connectivity index (χ1v) is 22.2. The zero-order valence-electron chi connectivity index (χ0n) is 33.2. The van der Waals surface area contributed by atoms with E-state index in [1.165, 1.54) is 38.5 Å². The maximum atomic E-state index is 14.9. The second-order valence-electron chi connectivity index (χ2n) is 20.5. The summed E-state index contributed by atoms with van der Waals surface area (Å²) in [6.07, 6.45) is 19.9. The number of nitrogens with zero attached hydrogens (tertiary/aromatic N) is 1. The van der Waals surface area contributed by atoms with E-state index in [2.05, 4.69) is 44.3 Å². The van der Waals surface area contributed by atoms with Crippen LogP contribution in [0.15, 0.2) is 60.2 Å². The van der Waals surface area contributed by atoms with Crippen LogP contribution in [0.2, 0.25) is 0 Å². The number of aryl methyl sites for hydroxylation is 1. The van der Waals surface area contributed by atoms with Crippen molar-refractivity contribution in [1.29, 1.82) is 0 Å². The zero-order chi connectivity index (χ0) is 38.2. The molecule has 7 nitrogen and oxygen atoms in total. The Labute approximate surface area is 331 Å². The molecular formula is C47H60N2O5S. The summed E-state index contributed by atoms with van der Waals surface area (Å²) in [6, 6.07) is 11.4. The summed E-state index contributed by atoms with van der Waals surface area (Å²) in [5.74, 6) is 3.44. The van der Waals surface area contributed by atoms with Gasteiger partial charge in [-0.15, -0.1) is 11.3 Å². The van der Waals surface area contributed by atoms with Crippen molar-refractivity contribution in [2.75, 3.05) is 25.5 Å². The standard InChI is InChI=1S/C47H60N2O5S/c1-29-5-10-37(55-29)40(51)36-26-45-17-18-47(36)38(42(45,2)14-11-34(50)25-45)12-15-43(3)39(47)13-16-46(43,53)28-49(41(52)48-33-6-8-35(54-4)9-7-33)27-44-22-30-19-31(23-44)21-32(20-30)24-44/h5-10,17-18,26,30-32,34,38-39,50,53H,11-16,19-25,27-28H2,1-4H3,(H,48,52). The maximum absolute atomic E-state index is 14.9. The molecule has 2 aromatic rings. The monoisotopic (exact) mass is 764 g/mol. The van der Waals surface area contributed by atoms with E-state index in [1.54, 1.807) is 18.4 Å². The van der Waals surface area contributed by atoms with Crippen LogP contribution in [0.3, 0.4) is 0 Å². The maximum Gasteiger partial charge on any atom is 0.321 e. The number of thiophene rings is 1. The molecular weight excluding hydrogens is 705 g/mol. The lowest BCUT2D eigenvalue weighted by Crippen LogP contribution is -2.67. The van der Waals surface area contributed by atoms with Crippen molar-refractivity contribution in [2.24, 2.45) is 56.7 Å². The van der Waals surface area contributed by atoms with E-state index < -0.39 is 16.4 Å². The van der Waals surface area contributed by atoms with Gasteiger partial charge in [0.2, 0.25) is 0 Å². The molecule has 2 amide bonds. The Kier molecular flexibility index (Phi) is 8.13. The smallest absolute Gasteiger partial charge is 0.321 e. The van der Waals surface area contributed by atoms with Gasteiger partial charge in [0.1, 0.15) is 5.75 Å². The Morgan fingerprint density at radius 1 is 0.855 bits per heavy atom. The molecule has 0 aliphatic heterocycles. The third-order valence-corrected chi connectivity index (χ3v) is 18.7. The number of carbonyl (C=O) groups excluding carboxylic acids is 2. The number of carbonyl (C=O) groups is 2. The molecule has 8 unspecified atom stereocenters. The van der Waals surface area contributed by atoms with Crippen LogP contribution >= 0.6 is 11.3 Å². The molecule has 1 aromatic heterocycles. The minimum absolute atomic E-state index is 0.0456. The van der Waals surface area contributed by atoms with Gasteiger partial charge in [-0.2, -0.15) is 0 Å². The Bertz CT molecular complexity index is 1930. The summed E-state index contributed by atoms with van der Waals surface area (Å²) in [7, 11) is 1.65. The first-order chi connectivity index (χ1) is 26.2. The van der Waals surface area contributed by atoms with Crippen molar-refractivity contribution >= 4 is 28.8 Å². The largest absolute Gasteiger partial charge is 0.497 e. The van der Waals surface area contributed by atoms with E-state index in [-0.39, 0.29) is 46.0 Å². The average molecular weight is 765 g/mol. The lowest BCUT2D eigenvalue weighted by atomic mass is 9.32. The lowest BCUT2D eigenvalue weighted by molar-refractivity contribution is -0.176. The first-order valence-electron chi connectivity index (χ1n) is 21.4. The molecule has 8 atom stereocenters. The first kappa shape index (κ1) is 36.4. The van der Waals surface area contributed by atoms with Gasteiger partial charge >= 0.3 is 6.03 Å². The van der Waals surface area contributed by atoms with Crippen molar-refractivity contribution in [2.45, 2.75) is 116 Å². The predicted molar refractivity (Wildman–Crippen MR) is 216 cm³/mol. The van der Waals surface area contributed by atoms with E-state index in [0.717, 1.165) is 76.6 Å². The number of allylic oxidation sites excluding steroid dienone is 4. The SMILES string of the molecule is COc1ccc(NC(=O)N(CC23CC4CC(CC(C4)C2)C3)CC2(O)CCC3C45C=CC6(C=C4C(=O)c4ccc(C)s4)CC(O)CCC6(C)C5CCC32C)cc1. The summed E-state index contributed by atoms with van der Waals surface area (Å²) in [5, 5.41) is 27.7. The van der Waals surface area contributed by atoms with Crippen LogP contribution in [-0.2, 0) is 0 Å². The van der Waals surface area contributed by atoms with Crippen LogP contribution in [-0.4, -0.2) is 58.8 Å². The van der Waals surface area contributed by atoms with E-state index in [9.17, 15) is 19.8 Å². The number of aliphatic hydroxyl groups excluding tert-OH is 1. The molecule has 294 valence electrons. The molecule has 55 heavy (non-hydrogen) atoms. The number of fused-ring (bicyclic) bond motifs is 1. The van der Waals surface area contributed by atoms with Gasteiger partial charge in [0, 0.05) is 38.9 Å². The minimum Gasteiger partial charge on any atom is -0.497 e. The fraction of sp³-hybridized carbons (Fsp3) is 0.660. The number of hydrogen-bond donors (Lipinski definition) is 3. The third kappa shape index (κ3) is 5.18. The number of anilines is 1. The number of methoxy groups -OCH3 is 1. The molecule has 3 N–H and O–H groups in total. The molecule has 0 radical (unpaired) electrons. The number of aliphatic hydroxyl groups is 2. The minimum atomic E-state index is -1.12. The molecule has 2 spiro atoms. The van der Waals surface area contributed by atoms with E-state index in [0.29, 0.717) is 25.9 Å². The number of hydrogen-bond acceptors (Lipinski definition) is 6. The molecule has 1 aromatic carbocycles. The number of amides is 2. The van der Waals surface area contributed by atoms with Gasteiger partial charge in [-0.05, 0) is 167 Å². The van der Waals surface area contributed by atoms with Crippen molar-refractivity contribution in [3.8, 4) is 5.75 Å². The Balaban J connectivity index is 1.02. The highest BCUT2D eigenvalue weighted by Gasteiger charge is 2.74. The van der Waals surface area contributed by atoms with Crippen LogP contribution in [0, 0.1) is 63.6 Å². The number of rotatable bonds is 8. The number of ether oxygens (including phenoxy) is 1. The highest BCUT2D eigenvalue weighted by Crippen LogP contribution is 2.78.